The lowest BCUT2D eigenvalue weighted by Gasteiger charge is -2.41. The van der Waals surface area contributed by atoms with Gasteiger partial charge in [-0.2, -0.15) is 0 Å². The number of benzene rings is 1. The fourth-order valence-electron chi connectivity index (χ4n) is 3.45. The minimum atomic E-state index is -1.06. The fraction of sp³-hybridized carbons (Fsp3) is 0.500. The molecule has 1 aliphatic heterocycles. The summed E-state index contributed by atoms with van der Waals surface area (Å²) in [6.45, 7) is 0.00623. The SMILES string of the molecule is O=C(O)[C@H]1COC2(CCCCC2)N1C(=O)c1ccc(Cl)cc1Cl. The van der Waals surface area contributed by atoms with Crippen LogP contribution in [0.15, 0.2) is 18.2 Å². The minimum Gasteiger partial charge on any atom is -0.480 e. The van der Waals surface area contributed by atoms with Gasteiger partial charge in [-0.25, -0.2) is 4.79 Å². The molecule has 1 N–H and O–H groups in total. The summed E-state index contributed by atoms with van der Waals surface area (Å²) >= 11 is 12.0. The predicted octanol–water partition coefficient (Wildman–Crippen LogP) is 3.58. The van der Waals surface area contributed by atoms with Crippen LogP contribution >= 0.6 is 23.2 Å². The van der Waals surface area contributed by atoms with Crippen molar-refractivity contribution in [1.82, 2.24) is 4.90 Å². The molecular weight excluding hydrogens is 341 g/mol. The standard InChI is InChI=1S/C16H17Cl2NO4/c17-10-4-5-11(12(18)8-10)14(20)19-13(15(21)22)9-23-16(19)6-2-1-3-7-16/h4-5,8,13H,1-3,6-7,9H2,(H,21,22)/t13-/m1/s1. The Morgan fingerprint density at radius 1 is 1.22 bits per heavy atom. The average molecular weight is 358 g/mol. The van der Waals surface area contributed by atoms with Gasteiger partial charge in [-0.05, 0) is 43.9 Å². The molecule has 0 bridgehead atoms. The second kappa shape index (κ2) is 6.30. The number of carbonyl (C=O) groups is 2. The maximum Gasteiger partial charge on any atom is 0.328 e. The first kappa shape index (κ1) is 16.6. The average Bonchev–Trinajstić information content (AvgIpc) is 2.86. The summed E-state index contributed by atoms with van der Waals surface area (Å²) in [4.78, 5) is 26.0. The summed E-state index contributed by atoms with van der Waals surface area (Å²) in [7, 11) is 0. The predicted molar refractivity (Wildman–Crippen MR) is 85.8 cm³/mol. The second-order valence-electron chi connectivity index (χ2n) is 5.97. The Morgan fingerprint density at radius 3 is 2.52 bits per heavy atom. The maximum atomic E-state index is 13.0. The van der Waals surface area contributed by atoms with Gasteiger partial charge in [0.1, 0.15) is 5.72 Å². The largest absolute Gasteiger partial charge is 0.480 e. The van der Waals surface area contributed by atoms with E-state index in [0.717, 1.165) is 19.3 Å². The molecule has 0 aromatic heterocycles. The molecule has 0 radical (unpaired) electrons. The summed E-state index contributed by atoms with van der Waals surface area (Å²) < 4.78 is 5.83. The molecule has 3 rings (SSSR count). The Bertz CT molecular complexity index is 643. The zero-order chi connectivity index (χ0) is 16.6. The number of rotatable bonds is 2. The zero-order valence-electron chi connectivity index (χ0n) is 12.4. The number of carbonyl (C=O) groups excluding carboxylic acids is 1. The molecule has 5 nitrogen and oxygen atoms in total. The van der Waals surface area contributed by atoms with Gasteiger partial charge in [-0.3, -0.25) is 9.69 Å². The van der Waals surface area contributed by atoms with Crippen LogP contribution in [0.5, 0.6) is 0 Å². The van der Waals surface area contributed by atoms with Crippen molar-refractivity contribution in [2.24, 2.45) is 0 Å². The van der Waals surface area contributed by atoms with E-state index in [1.807, 2.05) is 0 Å². The van der Waals surface area contributed by atoms with Gasteiger partial charge in [-0.1, -0.05) is 29.6 Å². The lowest BCUT2D eigenvalue weighted by atomic mass is 9.89. The van der Waals surface area contributed by atoms with Crippen molar-refractivity contribution in [2.75, 3.05) is 6.61 Å². The van der Waals surface area contributed by atoms with Crippen molar-refractivity contribution < 1.29 is 19.4 Å². The lowest BCUT2D eigenvalue weighted by Crippen LogP contribution is -2.54. The highest BCUT2D eigenvalue weighted by Crippen LogP contribution is 2.42. The molecule has 124 valence electrons. The Kier molecular flexibility index (Phi) is 4.54. The zero-order valence-corrected chi connectivity index (χ0v) is 13.9. The van der Waals surface area contributed by atoms with Crippen molar-refractivity contribution >= 4 is 35.1 Å². The van der Waals surface area contributed by atoms with E-state index in [4.69, 9.17) is 27.9 Å². The van der Waals surface area contributed by atoms with Crippen molar-refractivity contribution in [3.8, 4) is 0 Å². The number of halogens is 2. The monoisotopic (exact) mass is 357 g/mol. The summed E-state index contributed by atoms with van der Waals surface area (Å²) in [6.07, 6.45) is 4.17. The summed E-state index contributed by atoms with van der Waals surface area (Å²) in [5.41, 5.74) is -0.584. The molecule has 1 aromatic rings. The Labute approximate surface area is 144 Å². The van der Waals surface area contributed by atoms with Crippen LogP contribution < -0.4 is 0 Å². The van der Waals surface area contributed by atoms with E-state index in [2.05, 4.69) is 0 Å². The first-order valence-corrected chi connectivity index (χ1v) is 8.36. The molecule has 23 heavy (non-hydrogen) atoms. The highest BCUT2D eigenvalue weighted by atomic mass is 35.5. The van der Waals surface area contributed by atoms with Crippen LogP contribution in [0.2, 0.25) is 10.0 Å². The van der Waals surface area contributed by atoms with Crippen LogP contribution in [-0.2, 0) is 9.53 Å². The Hall–Kier alpha value is -1.30. The minimum absolute atomic E-state index is 0.00623. The third-order valence-electron chi connectivity index (χ3n) is 4.56. The van der Waals surface area contributed by atoms with Gasteiger partial charge >= 0.3 is 5.97 Å². The number of amides is 1. The molecule has 1 amide bonds. The highest BCUT2D eigenvalue weighted by molar-refractivity contribution is 6.36. The van der Waals surface area contributed by atoms with Gasteiger partial charge in [0.05, 0.1) is 17.2 Å². The fourth-order valence-corrected chi connectivity index (χ4v) is 3.94. The Balaban J connectivity index is 2.00. The van der Waals surface area contributed by atoms with Crippen LogP contribution in [0, 0.1) is 0 Å². The summed E-state index contributed by atoms with van der Waals surface area (Å²) in [5, 5.41) is 10.1. The normalized spacial score (nSPS) is 23.2. The number of carboxylic acid groups (broad SMARTS) is 1. The molecular formula is C16H17Cl2NO4. The van der Waals surface area contributed by atoms with E-state index in [1.165, 1.54) is 17.0 Å². The van der Waals surface area contributed by atoms with Gasteiger partial charge < -0.3 is 9.84 Å². The molecule has 0 unspecified atom stereocenters. The lowest BCUT2D eigenvalue weighted by molar-refractivity contribution is -0.143. The highest BCUT2D eigenvalue weighted by Gasteiger charge is 2.53. The molecule has 2 aliphatic rings. The van der Waals surface area contributed by atoms with Crippen LogP contribution in [0.3, 0.4) is 0 Å². The first-order valence-electron chi connectivity index (χ1n) is 7.60. The van der Waals surface area contributed by atoms with Gasteiger partial charge in [-0.15, -0.1) is 0 Å². The number of aliphatic carboxylic acids is 1. The van der Waals surface area contributed by atoms with E-state index in [0.29, 0.717) is 17.9 Å². The maximum absolute atomic E-state index is 13.0. The van der Waals surface area contributed by atoms with Crippen molar-refractivity contribution in [3.05, 3.63) is 33.8 Å². The van der Waals surface area contributed by atoms with Gasteiger partial charge in [0.2, 0.25) is 0 Å². The number of hydrogen-bond donors (Lipinski definition) is 1. The number of carboxylic acids is 1. The first-order chi connectivity index (χ1) is 10.9. The molecule has 1 saturated heterocycles. The topological polar surface area (TPSA) is 66.8 Å². The van der Waals surface area contributed by atoms with Crippen molar-refractivity contribution in [1.29, 1.82) is 0 Å². The molecule has 1 saturated carbocycles. The Morgan fingerprint density at radius 2 is 1.91 bits per heavy atom. The van der Waals surface area contributed by atoms with E-state index >= 15 is 0 Å². The van der Waals surface area contributed by atoms with Crippen molar-refractivity contribution in [2.45, 2.75) is 43.9 Å². The van der Waals surface area contributed by atoms with E-state index in [9.17, 15) is 14.7 Å². The molecule has 7 heteroatoms. The van der Waals surface area contributed by atoms with Crippen LogP contribution in [0.25, 0.3) is 0 Å². The molecule has 1 atom stereocenters. The third kappa shape index (κ3) is 2.93. The number of ether oxygens (including phenoxy) is 1. The molecule has 1 spiro atoms. The molecule has 2 fully saturated rings. The number of hydrogen-bond acceptors (Lipinski definition) is 3. The quantitative estimate of drug-likeness (QED) is 0.878. The smallest absolute Gasteiger partial charge is 0.328 e. The van der Waals surface area contributed by atoms with Crippen LogP contribution in [0.1, 0.15) is 42.5 Å². The van der Waals surface area contributed by atoms with E-state index < -0.39 is 23.6 Å². The van der Waals surface area contributed by atoms with E-state index in [-0.39, 0.29) is 17.2 Å². The molecule has 1 heterocycles. The van der Waals surface area contributed by atoms with Crippen LogP contribution in [0.4, 0.5) is 0 Å². The second-order valence-corrected chi connectivity index (χ2v) is 6.81. The van der Waals surface area contributed by atoms with E-state index in [1.54, 1.807) is 6.07 Å². The van der Waals surface area contributed by atoms with Gasteiger partial charge in [0.15, 0.2) is 6.04 Å². The molecule has 1 aromatic carbocycles. The van der Waals surface area contributed by atoms with Crippen molar-refractivity contribution in [3.63, 3.8) is 0 Å². The van der Waals surface area contributed by atoms with Gasteiger partial charge in [0.25, 0.3) is 5.91 Å². The van der Waals surface area contributed by atoms with Gasteiger partial charge in [0, 0.05) is 5.02 Å². The van der Waals surface area contributed by atoms with Crippen LogP contribution in [-0.4, -0.2) is 40.3 Å². The summed E-state index contributed by atoms with van der Waals surface area (Å²) in [6, 6.07) is 3.59. The number of nitrogens with zero attached hydrogens (tertiary/aromatic N) is 1. The third-order valence-corrected chi connectivity index (χ3v) is 5.11. The molecule has 1 aliphatic carbocycles. The summed E-state index contributed by atoms with van der Waals surface area (Å²) in [5.74, 6) is -1.48.